The van der Waals surface area contributed by atoms with Crippen LogP contribution in [-0.2, 0) is 16.4 Å². The number of rotatable bonds is 4. The van der Waals surface area contributed by atoms with Crippen LogP contribution in [0.2, 0.25) is 0 Å². The van der Waals surface area contributed by atoms with Crippen molar-refractivity contribution in [3.8, 4) is 5.75 Å². The molecule has 0 bridgehead atoms. The van der Waals surface area contributed by atoms with Crippen LogP contribution in [0.15, 0.2) is 47.4 Å². The van der Waals surface area contributed by atoms with E-state index in [9.17, 15) is 8.42 Å². The molecule has 1 heterocycles. The van der Waals surface area contributed by atoms with Crippen LogP contribution in [0.5, 0.6) is 5.75 Å². The van der Waals surface area contributed by atoms with Crippen LogP contribution in [-0.4, -0.2) is 29.9 Å². The predicted octanol–water partition coefficient (Wildman–Crippen LogP) is 2.24. The van der Waals surface area contributed by atoms with E-state index in [1.165, 1.54) is 7.11 Å². The zero-order valence-corrected chi connectivity index (χ0v) is 13.0. The number of hydrogen-bond donors (Lipinski definition) is 0. The third-order valence-electron chi connectivity index (χ3n) is 3.46. The zero-order valence-electron chi connectivity index (χ0n) is 12.2. The molecule has 0 aliphatic rings. The molecule has 7 heteroatoms. The topological polar surface area (TPSA) is 74.1 Å². The molecule has 3 aromatic rings. The summed E-state index contributed by atoms with van der Waals surface area (Å²) in [5.74, 6) is 0.289. The summed E-state index contributed by atoms with van der Waals surface area (Å²) in [5, 5.41) is 7.70. The van der Waals surface area contributed by atoms with Gasteiger partial charge in [0.15, 0.2) is 0 Å². The van der Waals surface area contributed by atoms with E-state index in [0.29, 0.717) is 11.0 Å². The van der Waals surface area contributed by atoms with Gasteiger partial charge in [-0.05, 0) is 36.2 Å². The van der Waals surface area contributed by atoms with Crippen molar-refractivity contribution in [3.05, 3.63) is 48.0 Å². The molecule has 0 fully saturated rings. The lowest BCUT2D eigenvalue weighted by atomic mass is 10.2. The van der Waals surface area contributed by atoms with Crippen LogP contribution in [0.25, 0.3) is 11.0 Å². The van der Waals surface area contributed by atoms with E-state index < -0.39 is 10.0 Å². The number of benzene rings is 2. The van der Waals surface area contributed by atoms with E-state index in [2.05, 4.69) is 10.3 Å². The average Bonchev–Trinajstić information content (AvgIpc) is 2.99. The summed E-state index contributed by atoms with van der Waals surface area (Å²) in [7, 11) is -2.44. The van der Waals surface area contributed by atoms with Gasteiger partial charge < -0.3 is 4.74 Å². The molecule has 0 aliphatic carbocycles. The Labute approximate surface area is 128 Å². The van der Waals surface area contributed by atoms with Gasteiger partial charge in [-0.3, -0.25) is 0 Å². The Balaban J connectivity index is 2.26. The SMILES string of the molecule is CCc1ccc(OC)c(S(=O)(=O)n2nnc3ccccc32)c1. The van der Waals surface area contributed by atoms with Crippen LogP contribution >= 0.6 is 0 Å². The summed E-state index contributed by atoms with van der Waals surface area (Å²) in [6, 6.07) is 12.0. The fourth-order valence-electron chi connectivity index (χ4n) is 2.26. The van der Waals surface area contributed by atoms with Crippen LogP contribution in [0.3, 0.4) is 0 Å². The molecule has 0 N–H and O–H groups in total. The predicted molar refractivity (Wildman–Crippen MR) is 82.5 cm³/mol. The Morgan fingerprint density at radius 1 is 1.18 bits per heavy atom. The second kappa shape index (κ2) is 5.42. The largest absolute Gasteiger partial charge is 0.495 e. The van der Waals surface area contributed by atoms with Crippen molar-refractivity contribution in [2.24, 2.45) is 0 Å². The van der Waals surface area contributed by atoms with Gasteiger partial charge in [0.2, 0.25) is 0 Å². The van der Waals surface area contributed by atoms with Gasteiger partial charge in [-0.2, -0.15) is 8.42 Å². The Kier molecular flexibility index (Phi) is 3.58. The van der Waals surface area contributed by atoms with E-state index in [0.717, 1.165) is 16.1 Å². The third kappa shape index (κ3) is 2.23. The van der Waals surface area contributed by atoms with Crippen LogP contribution in [0, 0.1) is 0 Å². The highest BCUT2D eigenvalue weighted by atomic mass is 32.2. The quantitative estimate of drug-likeness (QED) is 0.738. The Morgan fingerprint density at radius 2 is 1.95 bits per heavy atom. The number of methoxy groups -OCH3 is 1. The number of aromatic nitrogens is 3. The molecule has 0 saturated heterocycles. The first-order valence-corrected chi connectivity index (χ1v) is 8.25. The fourth-order valence-corrected chi connectivity index (χ4v) is 3.70. The first-order valence-electron chi connectivity index (χ1n) is 6.81. The number of aryl methyl sites for hydroxylation is 1. The molecular weight excluding hydrogens is 302 g/mol. The maximum atomic E-state index is 12.9. The minimum atomic E-state index is -3.88. The summed E-state index contributed by atoms with van der Waals surface area (Å²) in [4.78, 5) is 0.0880. The van der Waals surface area contributed by atoms with Gasteiger partial charge in [-0.1, -0.05) is 30.3 Å². The molecule has 1 aromatic heterocycles. The maximum absolute atomic E-state index is 12.9. The Bertz CT molecular complexity index is 932. The van der Waals surface area contributed by atoms with E-state index >= 15 is 0 Å². The molecule has 22 heavy (non-hydrogen) atoms. The molecule has 0 unspecified atom stereocenters. The van der Waals surface area contributed by atoms with Crippen molar-refractivity contribution in [2.45, 2.75) is 18.2 Å². The standard InChI is InChI=1S/C15H15N3O3S/c1-3-11-8-9-14(21-2)15(10-11)22(19,20)18-13-7-5-4-6-12(13)16-17-18/h4-10H,3H2,1-2H3. The lowest BCUT2D eigenvalue weighted by molar-refractivity contribution is 0.402. The normalized spacial score (nSPS) is 11.7. The number of nitrogens with zero attached hydrogens (tertiary/aromatic N) is 3. The van der Waals surface area contributed by atoms with E-state index in [-0.39, 0.29) is 10.6 Å². The summed E-state index contributed by atoms with van der Waals surface area (Å²) < 4.78 is 32.0. The molecule has 0 spiro atoms. The monoisotopic (exact) mass is 317 g/mol. The summed E-state index contributed by atoms with van der Waals surface area (Å²) in [5.41, 5.74) is 1.87. The third-order valence-corrected chi connectivity index (χ3v) is 5.06. The van der Waals surface area contributed by atoms with E-state index in [1.54, 1.807) is 36.4 Å². The lowest BCUT2D eigenvalue weighted by Gasteiger charge is -2.11. The van der Waals surface area contributed by atoms with E-state index in [1.807, 2.05) is 13.0 Å². The first kappa shape index (κ1) is 14.5. The number of ether oxygens (including phenoxy) is 1. The smallest absolute Gasteiger partial charge is 0.288 e. The van der Waals surface area contributed by atoms with Crippen molar-refractivity contribution in [1.82, 2.24) is 14.4 Å². The molecule has 0 saturated carbocycles. The van der Waals surface area contributed by atoms with Gasteiger partial charge in [0.25, 0.3) is 10.0 Å². The molecule has 3 rings (SSSR count). The van der Waals surface area contributed by atoms with Crippen molar-refractivity contribution in [2.75, 3.05) is 7.11 Å². The second-order valence-corrected chi connectivity index (χ2v) is 6.50. The number of para-hydroxylation sites is 1. The van der Waals surface area contributed by atoms with Crippen LogP contribution in [0.1, 0.15) is 12.5 Å². The highest BCUT2D eigenvalue weighted by molar-refractivity contribution is 7.90. The molecule has 0 aliphatic heterocycles. The van der Waals surface area contributed by atoms with Gasteiger partial charge in [0, 0.05) is 0 Å². The number of hydrogen-bond acceptors (Lipinski definition) is 5. The minimum absolute atomic E-state index is 0.0880. The van der Waals surface area contributed by atoms with Gasteiger partial charge >= 0.3 is 0 Å². The molecule has 0 amide bonds. The Morgan fingerprint density at radius 3 is 2.68 bits per heavy atom. The summed E-state index contributed by atoms with van der Waals surface area (Å²) >= 11 is 0. The molecule has 6 nitrogen and oxygen atoms in total. The van der Waals surface area contributed by atoms with Crippen LogP contribution < -0.4 is 4.74 Å². The molecular formula is C15H15N3O3S. The zero-order chi connectivity index (χ0) is 15.7. The molecule has 0 radical (unpaired) electrons. The summed E-state index contributed by atoms with van der Waals surface area (Å²) in [6.07, 6.45) is 0.727. The molecule has 2 aromatic carbocycles. The highest BCUT2D eigenvalue weighted by Crippen LogP contribution is 2.28. The minimum Gasteiger partial charge on any atom is -0.495 e. The van der Waals surface area contributed by atoms with Gasteiger partial charge in [0.1, 0.15) is 21.7 Å². The molecule has 0 atom stereocenters. The van der Waals surface area contributed by atoms with Gasteiger partial charge in [-0.25, -0.2) is 0 Å². The number of fused-ring (bicyclic) bond motifs is 1. The first-order chi connectivity index (χ1) is 10.6. The van der Waals surface area contributed by atoms with Crippen LogP contribution in [0.4, 0.5) is 0 Å². The summed E-state index contributed by atoms with van der Waals surface area (Å²) in [6.45, 7) is 1.96. The second-order valence-electron chi connectivity index (χ2n) is 4.76. The van der Waals surface area contributed by atoms with Crippen molar-refractivity contribution in [1.29, 1.82) is 0 Å². The maximum Gasteiger partial charge on any atom is 0.288 e. The average molecular weight is 317 g/mol. The van der Waals surface area contributed by atoms with Gasteiger partial charge in [-0.15, -0.1) is 9.19 Å². The Hall–Kier alpha value is -2.41. The molecule has 114 valence electrons. The van der Waals surface area contributed by atoms with Crippen molar-refractivity contribution < 1.29 is 13.2 Å². The van der Waals surface area contributed by atoms with Crippen molar-refractivity contribution >= 4 is 21.1 Å². The van der Waals surface area contributed by atoms with Gasteiger partial charge in [0.05, 0.1) is 7.11 Å². The fraction of sp³-hybridized carbons (Fsp3) is 0.200. The van der Waals surface area contributed by atoms with Crippen molar-refractivity contribution in [3.63, 3.8) is 0 Å². The lowest BCUT2D eigenvalue weighted by Crippen LogP contribution is -2.16. The highest BCUT2D eigenvalue weighted by Gasteiger charge is 2.25. The van der Waals surface area contributed by atoms with E-state index in [4.69, 9.17) is 4.74 Å².